The van der Waals surface area contributed by atoms with Gasteiger partial charge in [0.2, 0.25) is 0 Å². The van der Waals surface area contributed by atoms with Crippen molar-refractivity contribution in [3.63, 3.8) is 0 Å². The first kappa shape index (κ1) is 20.8. The van der Waals surface area contributed by atoms with Gasteiger partial charge < -0.3 is 10.2 Å². The number of hydrogen-bond donors (Lipinski definition) is 1. The number of anilines is 1. The standard InChI is InChI=1S/C26H26N4OS/c1-3-30(4-2)23-12-13-27-21-11-10-17(14-20(21)23)15-24-25(31)29-26(32-24)28-22-16-19(22)18-8-6-5-7-9-18/h5-15,19,22H,3-4,16H2,1-2H3,(H,28,29,31)/b24-15-/t19-,22+/m0/s1. The Morgan fingerprint density at radius 2 is 1.97 bits per heavy atom. The number of benzene rings is 2. The van der Waals surface area contributed by atoms with Crippen LogP contribution in [0.3, 0.4) is 0 Å². The Morgan fingerprint density at radius 3 is 2.75 bits per heavy atom. The molecule has 0 spiro atoms. The van der Waals surface area contributed by atoms with E-state index in [1.807, 2.05) is 30.5 Å². The molecule has 2 aliphatic rings. The number of hydrogen-bond acceptors (Lipinski definition) is 5. The maximum atomic E-state index is 12.6. The Hall–Kier alpha value is -3.12. The molecule has 5 rings (SSSR count). The first-order chi connectivity index (χ1) is 15.7. The van der Waals surface area contributed by atoms with E-state index in [4.69, 9.17) is 4.99 Å². The van der Waals surface area contributed by atoms with Crippen LogP contribution in [0.25, 0.3) is 17.0 Å². The Kier molecular flexibility index (Phi) is 5.70. The molecule has 0 bridgehead atoms. The highest BCUT2D eigenvalue weighted by molar-refractivity contribution is 8.18. The normalized spacial score (nSPS) is 22.5. The summed E-state index contributed by atoms with van der Waals surface area (Å²) in [6, 6.07) is 18.9. The monoisotopic (exact) mass is 442 g/mol. The van der Waals surface area contributed by atoms with Gasteiger partial charge in [-0.05, 0) is 67.4 Å². The van der Waals surface area contributed by atoms with E-state index in [2.05, 4.69) is 65.4 Å². The van der Waals surface area contributed by atoms with Gasteiger partial charge in [-0.1, -0.05) is 36.4 Å². The lowest BCUT2D eigenvalue weighted by Crippen LogP contribution is -2.22. The summed E-state index contributed by atoms with van der Waals surface area (Å²) in [7, 11) is 0. The van der Waals surface area contributed by atoms with Gasteiger partial charge in [0.05, 0.1) is 16.5 Å². The average Bonchev–Trinajstić information content (AvgIpc) is 3.50. The Morgan fingerprint density at radius 1 is 1.16 bits per heavy atom. The summed E-state index contributed by atoms with van der Waals surface area (Å²) in [5.41, 5.74) is 4.45. The molecule has 3 aromatic rings. The number of carbonyl (C=O) groups is 1. The summed E-state index contributed by atoms with van der Waals surface area (Å²) in [4.78, 5) is 24.9. The summed E-state index contributed by atoms with van der Waals surface area (Å²) in [5, 5.41) is 4.75. The van der Waals surface area contributed by atoms with Crippen molar-refractivity contribution >= 4 is 45.5 Å². The summed E-state index contributed by atoms with van der Waals surface area (Å²) in [6.07, 6.45) is 4.84. The first-order valence-corrected chi connectivity index (χ1v) is 11.9. The van der Waals surface area contributed by atoms with Gasteiger partial charge >= 0.3 is 0 Å². The second-order valence-corrected chi connectivity index (χ2v) is 9.13. The third kappa shape index (κ3) is 4.15. The third-order valence-corrected chi connectivity index (χ3v) is 6.99. The van der Waals surface area contributed by atoms with Crippen molar-refractivity contribution in [1.29, 1.82) is 0 Å². The minimum absolute atomic E-state index is 0.0825. The Bertz CT molecular complexity index is 1220. The van der Waals surface area contributed by atoms with Crippen molar-refractivity contribution in [2.24, 2.45) is 4.99 Å². The fourth-order valence-electron chi connectivity index (χ4n) is 4.25. The van der Waals surface area contributed by atoms with Gasteiger partial charge in [-0.25, -0.2) is 0 Å². The maximum absolute atomic E-state index is 12.6. The molecule has 6 heteroatoms. The fourth-order valence-corrected chi connectivity index (χ4v) is 5.13. The molecule has 1 aliphatic carbocycles. The van der Waals surface area contributed by atoms with E-state index in [1.165, 1.54) is 23.0 Å². The molecule has 1 aliphatic heterocycles. The Balaban J connectivity index is 1.37. The van der Waals surface area contributed by atoms with Crippen molar-refractivity contribution in [3.05, 3.63) is 76.8 Å². The molecule has 1 aromatic heterocycles. The van der Waals surface area contributed by atoms with Crippen LogP contribution in [0.5, 0.6) is 0 Å². The van der Waals surface area contributed by atoms with E-state index in [0.717, 1.165) is 36.0 Å². The average molecular weight is 443 g/mol. The smallest absolute Gasteiger partial charge is 0.264 e. The zero-order valence-corrected chi connectivity index (χ0v) is 19.1. The van der Waals surface area contributed by atoms with E-state index in [9.17, 15) is 4.79 Å². The molecule has 32 heavy (non-hydrogen) atoms. The number of thioether (sulfide) groups is 1. The highest BCUT2D eigenvalue weighted by Crippen LogP contribution is 2.44. The number of amides is 1. The zero-order valence-electron chi connectivity index (χ0n) is 18.3. The largest absolute Gasteiger partial charge is 0.371 e. The number of aromatic nitrogens is 1. The van der Waals surface area contributed by atoms with Crippen LogP contribution < -0.4 is 10.2 Å². The number of fused-ring (bicyclic) bond motifs is 1. The van der Waals surface area contributed by atoms with E-state index in [0.29, 0.717) is 16.0 Å². The van der Waals surface area contributed by atoms with Crippen molar-refractivity contribution in [1.82, 2.24) is 10.3 Å². The molecule has 5 nitrogen and oxygen atoms in total. The highest BCUT2D eigenvalue weighted by Gasteiger charge is 2.39. The molecule has 1 N–H and O–H groups in total. The molecule has 2 atom stereocenters. The molecule has 162 valence electrons. The van der Waals surface area contributed by atoms with Crippen LogP contribution >= 0.6 is 11.8 Å². The lowest BCUT2D eigenvalue weighted by atomic mass is 10.1. The summed E-state index contributed by atoms with van der Waals surface area (Å²) in [5.74, 6) is 0.377. The minimum atomic E-state index is -0.0825. The van der Waals surface area contributed by atoms with Crippen LogP contribution in [0.15, 0.2) is 70.7 Å². The number of nitrogens with zero attached hydrogens (tertiary/aromatic N) is 3. The molecule has 2 fully saturated rings. The zero-order chi connectivity index (χ0) is 22.1. The van der Waals surface area contributed by atoms with Crippen LogP contribution in [0, 0.1) is 0 Å². The van der Waals surface area contributed by atoms with Crippen molar-refractivity contribution in [3.8, 4) is 0 Å². The topological polar surface area (TPSA) is 57.6 Å². The Labute approximate surface area is 192 Å². The van der Waals surface area contributed by atoms with Gasteiger partial charge in [0.15, 0.2) is 5.17 Å². The predicted octanol–water partition coefficient (Wildman–Crippen LogP) is 5.20. The molecular formula is C26H26N4OS. The van der Waals surface area contributed by atoms with E-state index in [-0.39, 0.29) is 11.9 Å². The summed E-state index contributed by atoms with van der Waals surface area (Å²) >= 11 is 1.43. The van der Waals surface area contributed by atoms with Crippen LogP contribution in [0.2, 0.25) is 0 Å². The summed E-state index contributed by atoms with van der Waals surface area (Å²) < 4.78 is 0. The molecule has 1 saturated carbocycles. The molecule has 0 unspecified atom stereocenters. The summed E-state index contributed by atoms with van der Waals surface area (Å²) in [6.45, 7) is 6.18. The molecule has 2 heterocycles. The van der Waals surface area contributed by atoms with E-state index >= 15 is 0 Å². The minimum Gasteiger partial charge on any atom is -0.371 e. The lowest BCUT2D eigenvalue weighted by Gasteiger charge is -2.22. The number of carbonyl (C=O) groups excluding carboxylic acids is 1. The molecule has 0 radical (unpaired) electrons. The molecule has 2 aromatic carbocycles. The number of aliphatic imine (C=N–C) groups is 1. The SMILES string of the molecule is CCN(CC)c1ccnc2ccc(/C=C3\SC(=N[C@@H]4C[C@H]4c4ccccc4)NC3=O)cc12. The maximum Gasteiger partial charge on any atom is 0.264 e. The first-order valence-electron chi connectivity index (χ1n) is 11.1. The van der Waals surface area contributed by atoms with Crippen molar-refractivity contribution in [2.45, 2.75) is 32.2 Å². The number of rotatable bonds is 6. The van der Waals surface area contributed by atoms with E-state index < -0.39 is 0 Å². The fraction of sp³-hybridized carbons (Fsp3) is 0.269. The van der Waals surface area contributed by atoms with Gasteiger partial charge in [0.25, 0.3) is 5.91 Å². The highest BCUT2D eigenvalue weighted by atomic mass is 32.2. The van der Waals surface area contributed by atoms with Gasteiger partial charge in [0.1, 0.15) is 0 Å². The predicted molar refractivity (Wildman–Crippen MR) is 134 cm³/mol. The molecule has 1 saturated heterocycles. The second-order valence-electron chi connectivity index (χ2n) is 8.10. The molecular weight excluding hydrogens is 416 g/mol. The van der Waals surface area contributed by atoms with Crippen LogP contribution in [-0.2, 0) is 4.79 Å². The van der Waals surface area contributed by atoms with Gasteiger partial charge in [-0.15, -0.1) is 0 Å². The molecule has 1 amide bonds. The quantitative estimate of drug-likeness (QED) is 0.533. The number of amidine groups is 1. The van der Waals surface area contributed by atoms with Gasteiger partial charge in [0, 0.05) is 36.3 Å². The van der Waals surface area contributed by atoms with Gasteiger partial charge in [-0.3, -0.25) is 14.8 Å². The van der Waals surface area contributed by atoms with Crippen LogP contribution in [0.1, 0.15) is 37.3 Å². The van der Waals surface area contributed by atoms with Crippen molar-refractivity contribution in [2.75, 3.05) is 18.0 Å². The lowest BCUT2D eigenvalue weighted by molar-refractivity contribution is -0.115. The van der Waals surface area contributed by atoms with Crippen LogP contribution in [-0.4, -0.2) is 35.2 Å². The van der Waals surface area contributed by atoms with Crippen LogP contribution in [0.4, 0.5) is 5.69 Å². The number of nitrogens with one attached hydrogen (secondary N) is 1. The van der Waals surface area contributed by atoms with E-state index in [1.54, 1.807) is 0 Å². The number of pyridine rings is 1. The second kappa shape index (κ2) is 8.79. The van der Waals surface area contributed by atoms with Crippen molar-refractivity contribution < 1.29 is 4.79 Å². The third-order valence-electron chi connectivity index (χ3n) is 6.06. The van der Waals surface area contributed by atoms with Gasteiger partial charge in [-0.2, -0.15) is 0 Å².